The molecule has 2 N–H and O–H groups in total. The molecule has 8 bridgehead atoms. The first-order valence-corrected chi connectivity index (χ1v) is 23.1. The van der Waals surface area contributed by atoms with Crippen LogP contribution in [0.1, 0.15) is 45.0 Å². The van der Waals surface area contributed by atoms with Crippen molar-refractivity contribution in [1.82, 2.24) is 19.9 Å². The fourth-order valence-corrected chi connectivity index (χ4v) is 10.0. The highest BCUT2D eigenvalue weighted by Gasteiger charge is 2.20. The van der Waals surface area contributed by atoms with Gasteiger partial charge in [0, 0.05) is 44.3 Å². The first-order valence-electron chi connectivity index (χ1n) is 23.1. The highest BCUT2D eigenvalue weighted by molar-refractivity contribution is 6.68. The van der Waals surface area contributed by atoms with Gasteiger partial charge in [-0.3, -0.25) is 0 Å². The summed E-state index contributed by atoms with van der Waals surface area (Å²) in [7, 11) is 8.62. The fraction of sp³-hybridized carbons (Fsp3) is 0. The predicted octanol–water partition coefficient (Wildman–Crippen LogP) is 13.6. The van der Waals surface area contributed by atoms with Crippen LogP contribution < -0.4 is 0 Å². The molecule has 9 heterocycles. The number of hydrogen-bond donors (Lipinski definition) is 2. The van der Waals surface area contributed by atoms with Gasteiger partial charge in [0.15, 0.2) is 29.1 Å². The van der Waals surface area contributed by atoms with Gasteiger partial charge in [-0.1, -0.05) is 168 Å². The van der Waals surface area contributed by atoms with E-state index in [2.05, 4.69) is 257 Å². The topological polar surface area (TPSA) is 57.4 Å². The summed E-state index contributed by atoms with van der Waals surface area (Å²) >= 11 is 0. The van der Waals surface area contributed by atoms with Crippen LogP contribution >= 0.6 is 0 Å². The van der Waals surface area contributed by atoms with Gasteiger partial charge in [0.2, 0.25) is 0 Å². The van der Waals surface area contributed by atoms with E-state index in [4.69, 9.17) is 9.97 Å². The van der Waals surface area contributed by atoms with Crippen LogP contribution in [0.15, 0.2) is 194 Å². The van der Waals surface area contributed by atoms with Crippen molar-refractivity contribution in [2.45, 2.75) is 0 Å². The molecule has 6 aliphatic heterocycles. The lowest BCUT2D eigenvalue weighted by molar-refractivity contribution is 1.31. The van der Waals surface area contributed by atoms with Crippen molar-refractivity contribution in [3.8, 4) is 44.5 Å². The normalized spacial score (nSPS) is 14.9. The third-order valence-corrected chi connectivity index (χ3v) is 13.4. The predicted molar refractivity (Wildman–Crippen MR) is 292 cm³/mol. The van der Waals surface area contributed by atoms with Gasteiger partial charge < -0.3 is 9.97 Å². The molecule has 4 aromatic carbocycles. The lowest BCUT2D eigenvalue weighted by Gasteiger charge is -2.09. The summed E-state index contributed by atoms with van der Waals surface area (Å²) in [5.41, 5.74) is 25.2. The van der Waals surface area contributed by atoms with E-state index in [-0.39, 0.29) is 0 Å². The second-order valence-electron chi connectivity index (χ2n) is 17.5. The van der Waals surface area contributed by atoms with Crippen LogP contribution in [0.3, 0.4) is 0 Å². The zero-order chi connectivity index (χ0) is 45.0. The molecular weight excluding hydrogens is 820 g/mol. The van der Waals surface area contributed by atoms with Crippen molar-refractivity contribution in [2.24, 2.45) is 0 Å². The fourth-order valence-electron chi connectivity index (χ4n) is 10.0. The number of hydrogen-bond acceptors (Lipinski definition) is 2. The molecule has 3 aromatic heterocycles. The first-order chi connectivity index (χ1) is 33.7. The third kappa shape index (κ3) is 7.26. The van der Waals surface area contributed by atoms with Gasteiger partial charge in [0.05, 0.1) is 22.8 Å². The van der Waals surface area contributed by atoms with Crippen LogP contribution in [0.4, 0.5) is 0 Å². The molecule has 8 heteroatoms. The summed E-state index contributed by atoms with van der Waals surface area (Å²) in [5, 5.41) is 0. The van der Waals surface area contributed by atoms with Crippen molar-refractivity contribution in [3.63, 3.8) is 0 Å². The largest absolute Gasteiger partial charge is 0.354 e. The molecule has 7 aromatic rings. The highest BCUT2D eigenvalue weighted by atomic mass is 14.8. The van der Waals surface area contributed by atoms with Crippen LogP contribution in [-0.4, -0.2) is 49.1 Å². The molecule has 0 saturated carbocycles. The molecule has 0 unspecified atom stereocenters. The van der Waals surface area contributed by atoms with Gasteiger partial charge in [-0.15, -0.1) is 23.9 Å². The van der Waals surface area contributed by atoms with Crippen molar-refractivity contribution >= 4 is 97.4 Å². The molecule has 0 fully saturated rings. The monoisotopic (exact) mass is 858 g/mol. The van der Waals surface area contributed by atoms with Crippen molar-refractivity contribution in [3.05, 3.63) is 239 Å². The Morgan fingerprint density at radius 2 is 0.485 bits per heavy atom. The minimum absolute atomic E-state index is 0.880. The van der Waals surface area contributed by atoms with E-state index in [0.717, 1.165) is 89.4 Å². The molecule has 13 rings (SSSR count). The van der Waals surface area contributed by atoms with E-state index in [9.17, 15) is 0 Å². The van der Waals surface area contributed by atoms with Crippen LogP contribution in [0.5, 0.6) is 0 Å². The average molecular weight is 858 g/mol. The van der Waals surface area contributed by atoms with E-state index in [1.807, 2.05) is 0 Å². The molecular formula is C60H38B4N4. The molecule has 0 aliphatic carbocycles. The second-order valence-corrected chi connectivity index (χ2v) is 17.5. The lowest BCUT2D eigenvalue weighted by Crippen LogP contribution is -1.92. The van der Waals surface area contributed by atoms with Crippen LogP contribution in [-0.2, 0) is 0 Å². The minimum atomic E-state index is 0.880. The maximum atomic E-state index is 5.56. The number of rotatable bonds is 8. The Balaban J connectivity index is 1.09. The van der Waals surface area contributed by atoms with Crippen LogP contribution in [0.25, 0.3) is 113 Å². The Labute approximate surface area is 398 Å². The van der Waals surface area contributed by atoms with Gasteiger partial charge in [0.25, 0.3) is 0 Å². The lowest BCUT2D eigenvalue weighted by atomic mass is 9.70. The Kier molecular flexibility index (Phi) is 9.89. The van der Waals surface area contributed by atoms with E-state index < -0.39 is 0 Å². The number of nitrogens with one attached hydrogen (secondary N) is 2. The summed E-state index contributed by atoms with van der Waals surface area (Å²) in [5.74, 6) is 8.34. The molecule has 310 valence electrons. The Bertz CT molecular complexity index is 3250. The van der Waals surface area contributed by atoms with Gasteiger partial charge in [-0.25, -0.2) is 9.97 Å². The van der Waals surface area contributed by atoms with Crippen molar-refractivity contribution < 1.29 is 0 Å². The molecule has 4 radical (unpaired) electrons. The van der Waals surface area contributed by atoms with E-state index in [0.29, 0.717) is 0 Å². The standard InChI is InChI=1S/C60H38B4N4/c1-5-45(61-33-1)37-9-17-41(18-10-37)57-49-25-27-51(65-49)58(42-19-11-38(12-20-42)46-6-2-34-62-46)53-29-31-55(67-53)60(44-23-15-40(16-24-44)48-8-4-36-64-48)56-32-30-54(68-56)59(52-28-26-50(57)66-52)43-21-13-39(14-22-43)47-7-3-35-63-47/h1-36,65,68H. The third-order valence-electron chi connectivity index (χ3n) is 13.4. The first kappa shape index (κ1) is 40.0. The maximum Gasteiger partial charge on any atom is 0.182 e. The summed E-state index contributed by atoms with van der Waals surface area (Å²) in [6, 6.07) is 44.2. The smallest absolute Gasteiger partial charge is 0.182 e. The summed E-state index contributed by atoms with van der Waals surface area (Å²) in [4.78, 5) is 19.0. The quantitative estimate of drug-likeness (QED) is 0.150. The maximum absolute atomic E-state index is 5.56. The molecule has 0 amide bonds. The second kappa shape index (κ2) is 16.8. The van der Waals surface area contributed by atoms with Gasteiger partial charge in [0.1, 0.15) is 0 Å². The van der Waals surface area contributed by atoms with Crippen LogP contribution in [0.2, 0.25) is 0 Å². The SMILES string of the molecule is [B]1C=CC=C1c1ccc(-c2c3nc(c(-c4ccc(C5=CC=C[B]5)cc4)c4ccc([nH]4)c(-c4ccc(C5=CC=C[B]5)cc4)c4nc(c(-c5ccc(C6=CC=C[B]6)cc5)c5ccc2[nH]5)C=C4)C=C3)cc1. The summed E-state index contributed by atoms with van der Waals surface area (Å²) in [6.45, 7) is 0. The molecule has 4 nitrogen and oxygen atoms in total. The summed E-state index contributed by atoms with van der Waals surface area (Å²) in [6.07, 6.45) is 25.6. The van der Waals surface area contributed by atoms with Gasteiger partial charge in [-0.2, -0.15) is 0 Å². The number of nitrogens with zero attached hydrogens (tertiary/aromatic N) is 2. The van der Waals surface area contributed by atoms with E-state index in [1.165, 1.54) is 44.1 Å². The molecule has 0 atom stereocenters. The Hall–Kier alpha value is -8.34. The van der Waals surface area contributed by atoms with E-state index in [1.54, 1.807) is 0 Å². The number of aromatic amines is 2. The minimum Gasteiger partial charge on any atom is -0.354 e. The number of allylic oxidation sites excluding steroid dienone is 8. The van der Waals surface area contributed by atoms with Gasteiger partial charge >= 0.3 is 0 Å². The zero-order valence-corrected chi connectivity index (χ0v) is 37.0. The van der Waals surface area contributed by atoms with Crippen LogP contribution in [0, 0.1) is 0 Å². The number of benzene rings is 4. The Morgan fingerprint density at radius 3 is 0.691 bits per heavy atom. The zero-order valence-electron chi connectivity index (χ0n) is 37.0. The number of fused-ring (bicyclic) bond motifs is 8. The van der Waals surface area contributed by atoms with Crippen molar-refractivity contribution in [1.29, 1.82) is 0 Å². The molecule has 6 aliphatic rings. The van der Waals surface area contributed by atoms with E-state index >= 15 is 0 Å². The molecule has 0 saturated heterocycles. The van der Waals surface area contributed by atoms with Gasteiger partial charge in [-0.05, 0) is 93.1 Å². The average Bonchev–Trinajstić information content (AvgIpc) is 4.24. The number of aromatic nitrogens is 4. The molecule has 0 spiro atoms. The number of H-pyrrole nitrogens is 2. The van der Waals surface area contributed by atoms with Crippen molar-refractivity contribution in [2.75, 3.05) is 0 Å². The summed E-state index contributed by atoms with van der Waals surface area (Å²) < 4.78 is 0. The molecule has 68 heavy (non-hydrogen) atoms. The highest BCUT2D eigenvalue weighted by Crippen LogP contribution is 2.40. The Morgan fingerprint density at radius 1 is 0.265 bits per heavy atom.